The van der Waals surface area contributed by atoms with Gasteiger partial charge in [-0.2, -0.15) is 4.31 Å². The summed E-state index contributed by atoms with van der Waals surface area (Å²) in [6, 6.07) is 4.95. The first-order valence-electron chi connectivity index (χ1n) is 8.07. The van der Waals surface area contributed by atoms with Crippen LogP contribution in [0.2, 0.25) is 0 Å². The minimum atomic E-state index is -3.69. The molecule has 0 spiro atoms. The van der Waals surface area contributed by atoms with Crippen LogP contribution < -0.4 is 15.2 Å². The van der Waals surface area contributed by atoms with Crippen molar-refractivity contribution in [1.29, 1.82) is 0 Å². The number of ether oxygens (including phenoxy) is 3. The Morgan fingerprint density at radius 2 is 1.72 bits per heavy atom. The average Bonchev–Trinajstić information content (AvgIpc) is 2.61. The van der Waals surface area contributed by atoms with Gasteiger partial charge in [0.15, 0.2) is 4.90 Å². The van der Waals surface area contributed by atoms with Crippen LogP contribution in [0.5, 0.6) is 11.5 Å². The van der Waals surface area contributed by atoms with Crippen LogP contribution in [0.15, 0.2) is 23.1 Å². The van der Waals surface area contributed by atoms with Crippen molar-refractivity contribution in [1.82, 2.24) is 4.31 Å². The lowest BCUT2D eigenvalue weighted by Crippen LogP contribution is -2.41. The van der Waals surface area contributed by atoms with E-state index in [9.17, 15) is 8.42 Å². The molecular weight excluding hydrogens is 368 g/mol. The van der Waals surface area contributed by atoms with Crippen LogP contribution >= 0.6 is 12.4 Å². The van der Waals surface area contributed by atoms with Gasteiger partial charge in [0, 0.05) is 19.7 Å². The lowest BCUT2D eigenvalue weighted by atomic mass is 10.1. The van der Waals surface area contributed by atoms with Crippen molar-refractivity contribution in [2.24, 2.45) is 5.73 Å². The van der Waals surface area contributed by atoms with Gasteiger partial charge in [-0.3, -0.25) is 0 Å². The number of rotatable bonds is 8. The van der Waals surface area contributed by atoms with Crippen LogP contribution in [0.4, 0.5) is 0 Å². The van der Waals surface area contributed by atoms with Crippen LogP contribution in [0.1, 0.15) is 19.3 Å². The van der Waals surface area contributed by atoms with E-state index in [0.717, 1.165) is 6.42 Å². The number of halogens is 1. The zero-order valence-electron chi connectivity index (χ0n) is 14.6. The van der Waals surface area contributed by atoms with Gasteiger partial charge in [0.25, 0.3) is 0 Å². The van der Waals surface area contributed by atoms with Crippen molar-refractivity contribution in [3.63, 3.8) is 0 Å². The number of nitrogens with zero attached hydrogens (tertiary/aromatic N) is 1. The Morgan fingerprint density at radius 3 is 2.20 bits per heavy atom. The number of nitrogens with two attached hydrogens (primary N) is 1. The largest absolute Gasteiger partial charge is 0.495 e. The van der Waals surface area contributed by atoms with E-state index in [2.05, 4.69) is 0 Å². The van der Waals surface area contributed by atoms with E-state index < -0.39 is 10.0 Å². The summed E-state index contributed by atoms with van der Waals surface area (Å²) in [5.41, 5.74) is 5.45. The molecule has 1 aliphatic rings. The first-order chi connectivity index (χ1) is 11.5. The Morgan fingerprint density at radius 1 is 1.16 bits per heavy atom. The van der Waals surface area contributed by atoms with Crippen molar-refractivity contribution in [2.45, 2.75) is 30.3 Å². The van der Waals surface area contributed by atoms with Gasteiger partial charge >= 0.3 is 0 Å². The molecule has 0 bridgehead atoms. The van der Waals surface area contributed by atoms with Crippen LogP contribution in [-0.2, 0) is 14.8 Å². The van der Waals surface area contributed by atoms with E-state index in [1.54, 1.807) is 18.2 Å². The number of methoxy groups -OCH3 is 2. The third-order valence-electron chi connectivity index (χ3n) is 4.08. The van der Waals surface area contributed by atoms with Gasteiger partial charge < -0.3 is 19.9 Å². The third kappa shape index (κ3) is 5.21. The lowest BCUT2D eigenvalue weighted by Gasteiger charge is -2.31. The van der Waals surface area contributed by atoms with Crippen molar-refractivity contribution < 1.29 is 22.6 Å². The van der Waals surface area contributed by atoms with Crippen molar-refractivity contribution >= 4 is 22.4 Å². The molecule has 1 saturated heterocycles. The Labute approximate surface area is 155 Å². The minimum absolute atomic E-state index is 0. The summed E-state index contributed by atoms with van der Waals surface area (Å²) in [6.45, 7) is 2.04. The standard InChI is InChI=1S/C16H26N2O5S.ClH/c1-21-14-5-3-6-15(22-2)16(14)24(19,20)18-10-7-13(8-11-18)23-12-4-9-17;/h3,5-6,13H,4,7-12,17H2,1-2H3;1H. The van der Waals surface area contributed by atoms with Gasteiger partial charge in [-0.1, -0.05) is 6.07 Å². The highest BCUT2D eigenvalue weighted by atomic mass is 35.5. The zero-order valence-corrected chi connectivity index (χ0v) is 16.3. The Balaban J connectivity index is 0.00000312. The minimum Gasteiger partial charge on any atom is -0.495 e. The fourth-order valence-corrected chi connectivity index (χ4v) is 4.53. The highest BCUT2D eigenvalue weighted by molar-refractivity contribution is 7.89. The van der Waals surface area contributed by atoms with Crippen molar-refractivity contribution in [3.05, 3.63) is 18.2 Å². The second kappa shape index (κ2) is 10.2. The summed E-state index contributed by atoms with van der Waals surface area (Å²) in [6.07, 6.45) is 2.24. The summed E-state index contributed by atoms with van der Waals surface area (Å²) < 4.78 is 43.7. The molecule has 2 rings (SSSR count). The van der Waals surface area contributed by atoms with E-state index >= 15 is 0 Å². The first-order valence-corrected chi connectivity index (χ1v) is 9.51. The molecule has 1 aliphatic heterocycles. The Hall–Kier alpha value is -1.06. The Kier molecular flexibility index (Phi) is 8.95. The molecule has 0 unspecified atom stereocenters. The normalized spacial score (nSPS) is 16.3. The molecule has 0 radical (unpaired) electrons. The topological polar surface area (TPSA) is 91.1 Å². The maximum atomic E-state index is 13.0. The van der Waals surface area contributed by atoms with E-state index in [1.807, 2.05) is 0 Å². The fourth-order valence-electron chi connectivity index (χ4n) is 2.77. The van der Waals surface area contributed by atoms with E-state index in [-0.39, 0.29) is 34.9 Å². The monoisotopic (exact) mass is 394 g/mol. The first kappa shape index (κ1) is 22.0. The second-order valence-corrected chi connectivity index (χ2v) is 7.48. The predicted octanol–water partition coefficient (Wildman–Crippen LogP) is 1.64. The molecule has 7 nitrogen and oxygen atoms in total. The molecule has 9 heteroatoms. The van der Waals surface area contributed by atoms with E-state index in [1.165, 1.54) is 18.5 Å². The highest BCUT2D eigenvalue weighted by Crippen LogP contribution is 2.36. The smallest absolute Gasteiger partial charge is 0.250 e. The maximum Gasteiger partial charge on any atom is 0.250 e. The molecule has 0 atom stereocenters. The second-order valence-electron chi connectivity index (χ2n) is 5.61. The molecule has 0 saturated carbocycles. The van der Waals surface area contributed by atoms with Crippen molar-refractivity contribution in [3.8, 4) is 11.5 Å². The highest BCUT2D eigenvalue weighted by Gasteiger charge is 2.34. The lowest BCUT2D eigenvalue weighted by molar-refractivity contribution is 0.0208. The average molecular weight is 395 g/mol. The SMILES string of the molecule is COc1cccc(OC)c1S(=O)(=O)N1CCC(OCCCN)CC1.Cl. The van der Waals surface area contributed by atoms with Gasteiger partial charge in [0.2, 0.25) is 10.0 Å². The zero-order chi connectivity index (χ0) is 17.6. The summed E-state index contributed by atoms with van der Waals surface area (Å²) in [7, 11) is -0.789. The van der Waals surface area contributed by atoms with E-state index in [0.29, 0.717) is 39.1 Å². The van der Waals surface area contributed by atoms with Crippen LogP contribution in [0.25, 0.3) is 0 Å². The fraction of sp³-hybridized carbons (Fsp3) is 0.625. The Bertz CT molecular complexity index is 611. The molecule has 144 valence electrons. The number of hydrogen-bond acceptors (Lipinski definition) is 6. The summed E-state index contributed by atoms with van der Waals surface area (Å²) >= 11 is 0. The van der Waals surface area contributed by atoms with Crippen molar-refractivity contribution in [2.75, 3.05) is 40.5 Å². The van der Waals surface area contributed by atoms with Crippen LogP contribution in [0, 0.1) is 0 Å². The van der Waals surface area contributed by atoms with Gasteiger partial charge in [0.1, 0.15) is 11.5 Å². The molecule has 0 aliphatic carbocycles. The molecule has 1 aromatic carbocycles. The quantitative estimate of drug-likeness (QED) is 0.674. The molecular formula is C16H27ClN2O5S. The number of piperidine rings is 1. The predicted molar refractivity (Wildman–Crippen MR) is 98.2 cm³/mol. The number of benzene rings is 1. The molecule has 1 fully saturated rings. The maximum absolute atomic E-state index is 13.0. The molecule has 25 heavy (non-hydrogen) atoms. The van der Waals surface area contributed by atoms with Gasteiger partial charge in [-0.25, -0.2) is 8.42 Å². The molecule has 1 aromatic rings. The van der Waals surface area contributed by atoms with Gasteiger partial charge in [-0.05, 0) is 37.9 Å². The number of sulfonamides is 1. The van der Waals surface area contributed by atoms with Crippen LogP contribution in [-0.4, -0.2) is 59.3 Å². The summed E-state index contributed by atoms with van der Waals surface area (Å²) in [4.78, 5) is 0.0810. The number of hydrogen-bond donors (Lipinski definition) is 1. The van der Waals surface area contributed by atoms with Crippen LogP contribution in [0.3, 0.4) is 0 Å². The third-order valence-corrected chi connectivity index (χ3v) is 6.05. The molecule has 0 amide bonds. The molecule has 2 N–H and O–H groups in total. The molecule has 1 heterocycles. The van der Waals surface area contributed by atoms with E-state index in [4.69, 9.17) is 19.9 Å². The molecule has 0 aromatic heterocycles. The van der Waals surface area contributed by atoms with Gasteiger partial charge in [-0.15, -0.1) is 12.4 Å². The summed E-state index contributed by atoms with van der Waals surface area (Å²) in [5.74, 6) is 0.575. The summed E-state index contributed by atoms with van der Waals surface area (Å²) in [5, 5.41) is 0. The van der Waals surface area contributed by atoms with Gasteiger partial charge in [0.05, 0.1) is 20.3 Å².